The average Bonchev–Trinajstić information content (AvgIpc) is 2.45. The van der Waals surface area contributed by atoms with E-state index in [-0.39, 0.29) is 17.9 Å². The lowest BCUT2D eigenvalue weighted by Gasteiger charge is -2.23. The highest BCUT2D eigenvalue weighted by Crippen LogP contribution is 2.15. The number of carbonyl (C=O) groups excluding carboxylic acids is 2. The lowest BCUT2D eigenvalue weighted by Crippen LogP contribution is -2.46. The summed E-state index contributed by atoms with van der Waals surface area (Å²) >= 11 is 0. The first kappa shape index (κ1) is 20.4. The van der Waals surface area contributed by atoms with Gasteiger partial charge in [-0.25, -0.2) is 0 Å². The molecule has 1 atom stereocenters. The normalized spacial score (nSPS) is 12.2. The van der Waals surface area contributed by atoms with Crippen LogP contribution in [0.5, 0.6) is 0 Å². The van der Waals surface area contributed by atoms with E-state index in [2.05, 4.69) is 10.3 Å². The molecule has 1 heterocycles. The van der Waals surface area contributed by atoms with Gasteiger partial charge in [-0.3, -0.25) is 14.4 Å². The minimum atomic E-state index is -0.890. The summed E-state index contributed by atoms with van der Waals surface area (Å²) in [4.78, 5) is 38.3. The molecule has 0 aliphatic rings. The van der Waals surface area contributed by atoms with E-state index >= 15 is 0 Å². The van der Waals surface area contributed by atoms with Crippen LogP contribution in [0.3, 0.4) is 0 Å². The van der Waals surface area contributed by atoms with Crippen molar-refractivity contribution in [2.45, 2.75) is 66.0 Å². The molecule has 25 heavy (non-hydrogen) atoms. The molecular formula is C18H25N3O4. The van der Waals surface area contributed by atoms with E-state index in [0.717, 1.165) is 5.56 Å². The Morgan fingerprint density at radius 2 is 1.92 bits per heavy atom. The number of H-pyrrole nitrogens is 1. The number of aromatic nitrogens is 1. The molecular weight excluding hydrogens is 322 g/mol. The predicted octanol–water partition coefficient (Wildman–Crippen LogP) is 1.64. The number of esters is 1. The molecule has 0 radical (unpaired) electrons. The van der Waals surface area contributed by atoms with Crippen molar-refractivity contribution in [2.75, 3.05) is 0 Å². The molecule has 1 aromatic rings. The van der Waals surface area contributed by atoms with Crippen LogP contribution >= 0.6 is 0 Å². The van der Waals surface area contributed by atoms with Crippen molar-refractivity contribution in [3.05, 3.63) is 32.7 Å². The van der Waals surface area contributed by atoms with E-state index in [1.165, 1.54) is 6.92 Å². The molecule has 136 valence electrons. The van der Waals surface area contributed by atoms with Crippen molar-refractivity contribution in [2.24, 2.45) is 0 Å². The van der Waals surface area contributed by atoms with Gasteiger partial charge in [-0.05, 0) is 59.1 Å². The number of ether oxygens (including phenoxy) is 1. The van der Waals surface area contributed by atoms with Gasteiger partial charge in [0, 0.05) is 17.7 Å². The highest BCUT2D eigenvalue weighted by Gasteiger charge is 2.22. The van der Waals surface area contributed by atoms with Crippen LogP contribution in [-0.4, -0.2) is 28.5 Å². The molecule has 0 aromatic carbocycles. The van der Waals surface area contributed by atoms with E-state index in [4.69, 9.17) is 10.00 Å². The number of nitrogens with one attached hydrogen (secondary N) is 2. The molecule has 1 rings (SSSR count). The van der Waals surface area contributed by atoms with Crippen molar-refractivity contribution >= 4 is 11.9 Å². The molecule has 0 unspecified atom stereocenters. The fourth-order valence-corrected chi connectivity index (χ4v) is 2.43. The third-order valence-electron chi connectivity index (χ3n) is 3.67. The SMILES string of the molecule is Cc1[nH]c(=O)c(C#N)c(C)c1CCC(=O)O[C@@H](C)C(=O)NC(C)(C)C. The molecule has 0 aliphatic carbocycles. The molecule has 0 bridgehead atoms. The highest BCUT2D eigenvalue weighted by atomic mass is 16.5. The molecule has 7 nitrogen and oxygen atoms in total. The first-order valence-electron chi connectivity index (χ1n) is 8.10. The van der Waals surface area contributed by atoms with Crippen molar-refractivity contribution < 1.29 is 14.3 Å². The van der Waals surface area contributed by atoms with Crippen LogP contribution in [-0.2, 0) is 20.7 Å². The zero-order valence-electron chi connectivity index (χ0n) is 15.6. The summed E-state index contributed by atoms with van der Waals surface area (Å²) < 4.78 is 5.15. The van der Waals surface area contributed by atoms with Crippen molar-refractivity contribution in [1.82, 2.24) is 10.3 Å². The third kappa shape index (κ3) is 5.75. The minimum absolute atomic E-state index is 0.0474. The summed E-state index contributed by atoms with van der Waals surface area (Å²) in [5.74, 6) is -0.871. The Kier molecular flexibility index (Phi) is 6.51. The molecule has 0 fully saturated rings. The van der Waals surface area contributed by atoms with Gasteiger partial charge < -0.3 is 15.0 Å². The highest BCUT2D eigenvalue weighted by molar-refractivity contribution is 5.83. The van der Waals surface area contributed by atoms with Gasteiger partial charge in [-0.1, -0.05) is 0 Å². The number of aryl methyl sites for hydroxylation is 1. The largest absolute Gasteiger partial charge is 0.453 e. The Morgan fingerprint density at radius 3 is 2.44 bits per heavy atom. The van der Waals surface area contributed by atoms with Gasteiger partial charge >= 0.3 is 5.97 Å². The van der Waals surface area contributed by atoms with E-state index in [1.54, 1.807) is 13.8 Å². The number of nitriles is 1. The summed E-state index contributed by atoms with van der Waals surface area (Å²) in [6.07, 6.45) is -0.527. The summed E-state index contributed by atoms with van der Waals surface area (Å²) in [5, 5.41) is 11.8. The first-order valence-corrected chi connectivity index (χ1v) is 8.10. The second-order valence-corrected chi connectivity index (χ2v) is 7.04. The van der Waals surface area contributed by atoms with Crippen LogP contribution in [0.15, 0.2) is 4.79 Å². The molecule has 7 heteroatoms. The fourth-order valence-electron chi connectivity index (χ4n) is 2.43. The number of hydrogen-bond acceptors (Lipinski definition) is 5. The van der Waals surface area contributed by atoms with E-state index in [0.29, 0.717) is 17.7 Å². The number of rotatable bonds is 5. The van der Waals surface area contributed by atoms with Crippen LogP contribution in [0, 0.1) is 25.2 Å². The zero-order chi connectivity index (χ0) is 19.4. The summed E-state index contributed by atoms with van der Waals surface area (Å²) in [5.41, 5.74) is 1.13. The second-order valence-electron chi connectivity index (χ2n) is 7.04. The van der Waals surface area contributed by atoms with E-state index in [9.17, 15) is 14.4 Å². The molecule has 1 aromatic heterocycles. The average molecular weight is 347 g/mol. The lowest BCUT2D eigenvalue weighted by atomic mass is 9.99. The molecule has 0 spiro atoms. The molecule has 0 saturated carbocycles. The number of aromatic amines is 1. The first-order chi connectivity index (χ1) is 11.5. The van der Waals surface area contributed by atoms with Crippen LogP contribution < -0.4 is 10.9 Å². The fraction of sp³-hybridized carbons (Fsp3) is 0.556. The van der Waals surface area contributed by atoms with Crippen LogP contribution in [0.1, 0.15) is 56.5 Å². The van der Waals surface area contributed by atoms with Gasteiger partial charge in [-0.15, -0.1) is 0 Å². The van der Waals surface area contributed by atoms with Gasteiger partial charge in [-0.2, -0.15) is 5.26 Å². The van der Waals surface area contributed by atoms with Crippen LogP contribution in [0.25, 0.3) is 0 Å². The Morgan fingerprint density at radius 1 is 1.32 bits per heavy atom. The van der Waals surface area contributed by atoms with Gasteiger partial charge in [0.15, 0.2) is 6.10 Å². The van der Waals surface area contributed by atoms with Crippen molar-refractivity contribution in [3.63, 3.8) is 0 Å². The third-order valence-corrected chi connectivity index (χ3v) is 3.67. The van der Waals surface area contributed by atoms with Crippen LogP contribution in [0.4, 0.5) is 0 Å². The Hall–Kier alpha value is -2.62. The standard InChI is InChI=1S/C18H25N3O4/c1-10-13(11(2)20-17(24)14(10)9-19)7-8-15(22)25-12(3)16(23)21-18(4,5)6/h12H,7-8H2,1-6H3,(H,20,24)(H,21,23)/t12-/m0/s1. The Bertz CT molecular complexity index is 766. The number of hydrogen-bond donors (Lipinski definition) is 2. The van der Waals surface area contributed by atoms with E-state index in [1.807, 2.05) is 26.8 Å². The van der Waals surface area contributed by atoms with E-state index < -0.39 is 23.2 Å². The molecule has 0 aliphatic heterocycles. The molecule has 1 amide bonds. The number of amides is 1. The molecule has 2 N–H and O–H groups in total. The summed E-state index contributed by atoms with van der Waals surface area (Å²) in [7, 11) is 0. The summed E-state index contributed by atoms with van der Waals surface area (Å²) in [6, 6.07) is 1.87. The smallest absolute Gasteiger partial charge is 0.306 e. The van der Waals surface area contributed by atoms with Gasteiger partial charge in [0.05, 0.1) is 0 Å². The predicted molar refractivity (Wildman–Crippen MR) is 93.0 cm³/mol. The zero-order valence-corrected chi connectivity index (χ0v) is 15.6. The maximum Gasteiger partial charge on any atom is 0.306 e. The second kappa shape index (κ2) is 7.97. The topological polar surface area (TPSA) is 112 Å². The quantitative estimate of drug-likeness (QED) is 0.786. The monoisotopic (exact) mass is 347 g/mol. The number of nitrogens with zero attached hydrogens (tertiary/aromatic N) is 1. The minimum Gasteiger partial charge on any atom is -0.453 e. The maximum absolute atomic E-state index is 12.0. The van der Waals surface area contributed by atoms with Crippen LogP contribution in [0.2, 0.25) is 0 Å². The van der Waals surface area contributed by atoms with Crippen molar-refractivity contribution in [1.29, 1.82) is 5.26 Å². The van der Waals surface area contributed by atoms with Gasteiger partial charge in [0.2, 0.25) is 0 Å². The number of carbonyl (C=O) groups is 2. The molecule has 0 saturated heterocycles. The lowest BCUT2D eigenvalue weighted by molar-refractivity contribution is -0.155. The number of pyridine rings is 1. The Balaban J connectivity index is 2.74. The summed E-state index contributed by atoms with van der Waals surface area (Å²) in [6.45, 7) is 10.4. The van der Waals surface area contributed by atoms with Crippen molar-refractivity contribution in [3.8, 4) is 6.07 Å². The van der Waals surface area contributed by atoms with Gasteiger partial charge in [0.25, 0.3) is 11.5 Å². The van der Waals surface area contributed by atoms with Gasteiger partial charge in [0.1, 0.15) is 11.6 Å². The maximum atomic E-state index is 12.0. The Labute approximate surface area is 147 Å².